The van der Waals surface area contributed by atoms with Crippen molar-refractivity contribution in [2.75, 3.05) is 0 Å². The first-order valence-electron chi connectivity index (χ1n) is 11.6. The van der Waals surface area contributed by atoms with Crippen molar-refractivity contribution < 1.29 is 9.90 Å². The molecule has 6 nitrogen and oxygen atoms in total. The fourth-order valence-electron chi connectivity index (χ4n) is 3.99. The van der Waals surface area contributed by atoms with Crippen LogP contribution in [0.5, 0.6) is 0 Å². The van der Waals surface area contributed by atoms with E-state index in [4.69, 9.17) is 0 Å². The lowest BCUT2D eigenvalue weighted by Gasteiger charge is -2.09. The van der Waals surface area contributed by atoms with Gasteiger partial charge in [0.05, 0.1) is 12.1 Å². The second kappa shape index (κ2) is 11.5. The highest BCUT2D eigenvalue weighted by atomic mass is 16.4. The molecule has 0 amide bonds. The number of rotatable bonds is 12. The van der Waals surface area contributed by atoms with Crippen LogP contribution in [0, 0.1) is 0 Å². The summed E-state index contributed by atoms with van der Waals surface area (Å²) < 4.78 is 3.31. The van der Waals surface area contributed by atoms with E-state index < -0.39 is 5.97 Å². The van der Waals surface area contributed by atoms with Gasteiger partial charge in [-0.3, -0.25) is 4.57 Å². The summed E-state index contributed by atoms with van der Waals surface area (Å²) in [6, 6.07) is 14.7. The topological polar surface area (TPSA) is 77.1 Å². The Morgan fingerprint density at radius 3 is 2.31 bits per heavy atom. The van der Waals surface area contributed by atoms with Gasteiger partial charge in [-0.05, 0) is 36.1 Å². The number of aryl methyl sites for hydroxylation is 2. The third kappa shape index (κ3) is 5.75. The predicted octanol–water partition coefficient (Wildman–Crippen LogP) is 5.38. The minimum absolute atomic E-state index is 0.0752. The Bertz CT molecular complexity index is 1080. The Morgan fingerprint density at radius 1 is 0.938 bits per heavy atom. The lowest BCUT2D eigenvalue weighted by molar-refractivity contribution is 0.0697. The van der Waals surface area contributed by atoms with Crippen LogP contribution in [0.15, 0.2) is 53.3 Å². The summed E-state index contributed by atoms with van der Waals surface area (Å²) in [4.78, 5) is 24.3. The Balaban J connectivity index is 1.75. The molecule has 6 heteroatoms. The molecular weight excluding hydrogens is 402 g/mol. The highest BCUT2D eigenvalue weighted by Gasteiger charge is 2.14. The zero-order valence-corrected chi connectivity index (χ0v) is 19.1. The van der Waals surface area contributed by atoms with E-state index >= 15 is 0 Å². The van der Waals surface area contributed by atoms with Gasteiger partial charge in [0, 0.05) is 13.0 Å². The highest BCUT2D eigenvalue weighted by molar-refractivity contribution is 5.95. The van der Waals surface area contributed by atoms with Crippen LogP contribution in [0.2, 0.25) is 0 Å². The normalized spacial score (nSPS) is 11.1. The maximum absolute atomic E-state index is 12.8. The first-order chi connectivity index (χ1) is 15.5. The van der Waals surface area contributed by atoms with E-state index in [-0.39, 0.29) is 11.3 Å². The maximum Gasteiger partial charge on any atom is 0.346 e. The summed E-state index contributed by atoms with van der Waals surface area (Å²) in [5, 5.41) is 14.0. The minimum atomic E-state index is -0.942. The number of carboxylic acids is 1. The number of aromatic carboxylic acids is 1. The summed E-state index contributed by atoms with van der Waals surface area (Å²) in [6.07, 6.45) is 8.01. The molecule has 32 heavy (non-hydrogen) atoms. The molecule has 0 saturated heterocycles. The summed E-state index contributed by atoms with van der Waals surface area (Å²) in [6.45, 7) is 5.17. The zero-order chi connectivity index (χ0) is 22.9. The fraction of sp³-hybridized carbons (Fsp3) is 0.423. The van der Waals surface area contributed by atoms with Crippen molar-refractivity contribution in [3.8, 4) is 11.1 Å². The van der Waals surface area contributed by atoms with Crippen LogP contribution in [0.3, 0.4) is 0 Å². The third-order valence-corrected chi connectivity index (χ3v) is 5.82. The number of hydrogen-bond acceptors (Lipinski definition) is 3. The quantitative estimate of drug-likeness (QED) is 0.387. The average Bonchev–Trinajstić information content (AvgIpc) is 3.11. The molecule has 0 saturated carbocycles. The summed E-state index contributed by atoms with van der Waals surface area (Å²) in [5.74, 6) is -0.102. The monoisotopic (exact) mass is 435 g/mol. The predicted molar refractivity (Wildman–Crippen MR) is 127 cm³/mol. The summed E-state index contributed by atoms with van der Waals surface area (Å²) in [7, 11) is 0. The standard InChI is InChI=1S/C26H33N3O3/c1-3-5-6-7-8-9-14-24-27-29(4-2)26(32)28(24)19-20-15-17-21(18-16-20)22-12-10-11-13-23(22)25(30)31/h10-13,15-18H,3-9,14,19H2,1-2H3,(H,30,31). The van der Waals surface area contributed by atoms with Gasteiger partial charge in [-0.2, -0.15) is 5.10 Å². The number of carbonyl (C=O) groups is 1. The summed E-state index contributed by atoms with van der Waals surface area (Å²) >= 11 is 0. The van der Waals surface area contributed by atoms with Crippen LogP contribution in [-0.4, -0.2) is 25.4 Å². The van der Waals surface area contributed by atoms with Crippen molar-refractivity contribution in [1.29, 1.82) is 0 Å². The Kier molecular flexibility index (Phi) is 8.42. The van der Waals surface area contributed by atoms with E-state index in [2.05, 4.69) is 12.0 Å². The Morgan fingerprint density at radius 2 is 1.62 bits per heavy atom. The van der Waals surface area contributed by atoms with Crippen LogP contribution in [0.1, 0.15) is 74.1 Å². The van der Waals surface area contributed by atoms with Crippen molar-refractivity contribution in [1.82, 2.24) is 14.3 Å². The second-order valence-corrected chi connectivity index (χ2v) is 8.17. The van der Waals surface area contributed by atoms with E-state index in [0.717, 1.165) is 36.2 Å². The van der Waals surface area contributed by atoms with Gasteiger partial charge in [0.25, 0.3) is 0 Å². The first kappa shape index (κ1) is 23.5. The zero-order valence-electron chi connectivity index (χ0n) is 19.1. The van der Waals surface area contributed by atoms with Gasteiger partial charge in [-0.25, -0.2) is 14.3 Å². The SMILES string of the molecule is CCCCCCCCc1nn(CC)c(=O)n1Cc1ccc(-c2ccccc2C(=O)O)cc1. The molecular formula is C26H33N3O3. The molecule has 3 rings (SSSR count). The molecule has 3 aromatic rings. The number of unbranched alkanes of at least 4 members (excludes halogenated alkanes) is 5. The molecule has 2 aromatic carbocycles. The van der Waals surface area contributed by atoms with Crippen molar-refractivity contribution in [3.63, 3.8) is 0 Å². The van der Waals surface area contributed by atoms with Crippen LogP contribution in [-0.2, 0) is 19.5 Å². The van der Waals surface area contributed by atoms with Gasteiger partial charge in [0.15, 0.2) is 0 Å². The molecule has 0 aliphatic rings. The van der Waals surface area contributed by atoms with Gasteiger partial charge >= 0.3 is 11.7 Å². The van der Waals surface area contributed by atoms with Crippen LogP contribution in [0.4, 0.5) is 0 Å². The lowest BCUT2D eigenvalue weighted by Crippen LogP contribution is -2.25. The summed E-state index contributed by atoms with van der Waals surface area (Å²) in [5.41, 5.74) is 2.72. The maximum atomic E-state index is 12.8. The molecule has 0 fully saturated rings. The van der Waals surface area contributed by atoms with E-state index in [1.807, 2.05) is 43.3 Å². The molecule has 0 bridgehead atoms. The molecule has 1 aromatic heterocycles. The van der Waals surface area contributed by atoms with E-state index in [0.29, 0.717) is 18.7 Å². The van der Waals surface area contributed by atoms with E-state index in [1.165, 1.54) is 30.4 Å². The molecule has 0 radical (unpaired) electrons. The van der Waals surface area contributed by atoms with Crippen LogP contribution in [0.25, 0.3) is 11.1 Å². The Hall–Kier alpha value is -3.15. The first-order valence-corrected chi connectivity index (χ1v) is 11.6. The number of nitrogens with zero attached hydrogens (tertiary/aromatic N) is 3. The number of aromatic nitrogens is 3. The van der Waals surface area contributed by atoms with Crippen molar-refractivity contribution >= 4 is 5.97 Å². The number of carboxylic acid groups (broad SMARTS) is 1. The number of benzene rings is 2. The van der Waals surface area contributed by atoms with Crippen molar-refractivity contribution in [3.05, 3.63) is 76.0 Å². The van der Waals surface area contributed by atoms with Gasteiger partial charge in [-0.1, -0.05) is 81.5 Å². The molecule has 0 unspecified atom stereocenters. The van der Waals surface area contributed by atoms with Gasteiger partial charge < -0.3 is 5.11 Å². The molecule has 1 heterocycles. The van der Waals surface area contributed by atoms with Gasteiger partial charge in [0.1, 0.15) is 5.82 Å². The molecule has 0 atom stereocenters. The number of hydrogen-bond donors (Lipinski definition) is 1. The van der Waals surface area contributed by atoms with Gasteiger partial charge in [-0.15, -0.1) is 0 Å². The average molecular weight is 436 g/mol. The van der Waals surface area contributed by atoms with Gasteiger partial charge in [0.2, 0.25) is 0 Å². The van der Waals surface area contributed by atoms with Crippen molar-refractivity contribution in [2.24, 2.45) is 0 Å². The minimum Gasteiger partial charge on any atom is -0.478 e. The lowest BCUT2D eigenvalue weighted by atomic mass is 9.99. The third-order valence-electron chi connectivity index (χ3n) is 5.82. The Labute approximate surface area is 189 Å². The second-order valence-electron chi connectivity index (χ2n) is 8.17. The molecule has 0 spiro atoms. The van der Waals surface area contributed by atoms with Crippen LogP contribution < -0.4 is 5.69 Å². The molecule has 170 valence electrons. The van der Waals surface area contributed by atoms with Crippen LogP contribution >= 0.6 is 0 Å². The highest BCUT2D eigenvalue weighted by Crippen LogP contribution is 2.24. The molecule has 0 aliphatic carbocycles. The van der Waals surface area contributed by atoms with Crippen molar-refractivity contribution in [2.45, 2.75) is 71.9 Å². The smallest absolute Gasteiger partial charge is 0.346 e. The van der Waals surface area contributed by atoms with E-state index in [9.17, 15) is 14.7 Å². The fourth-order valence-corrected chi connectivity index (χ4v) is 3.99. The van der Waals surface area contributed by atoms with E-state index in [1.54, 1.807) is 16.7 Å². The molecule has 0 aliphatic heterocycles. The largest absolute Gasteiger partial charge is 0.478 e. The molecule has 1 N–H and O–H groups in total.